The van der Waals surface area contributed by atoms with Crippen LogP contribution in [0.3, 0.4) is 0 Å². The number of hydrogen-bond acceptors (Lipinski definition) is 2. The van der Waals surface area contributed by atoms with Crippen molar-refractivity contribution in [1.82, 2.24) is 10.2 Å². The van der Waals surface area contributed by atoms with Crippen molar-refractivity contribution in [2.75, 3.05) is 19.6 Å². The van der Waals surface area contributed by atoms with Crippen LogP contribution in [0, 0.1) is 5.92 Å². The van der Waals surface area contributed by atoms with Crippen LogP contribution in [0.1, 0.15) is 42.5 Å². The third kappa shape index (κ3) is 4.76. The highest BCUT2D eigenvalue weighted by Gasteiger charge is 2.26. The van der Waals surface area contributed by atoms with Crippen LogP contribution in [0.5, 0.6) is 0 Å². The van der Waals surface area contributed by atoms with Crippen molar-refractivity contribution < 1.29 is 9.59 Å². The van der Waals surface area contributed by atoms with Gasteiger partial charge in [0, 0.05) is 30.8 Å². The number of carbonyl (C=O) groups is 2. The van der Waals surface area contributed by atoms with E-state index in [2.05, 4.69) is 23.5 Å². The number of allylic oxidation sites excluding steroid dienone is 1. The molecule has 0 aromatic heterocycles. The third-order valence-corrected chi connectivity index (χ3v) is 5.93. The standard InChI is InChI=1S/C25H28N2O2/c28-24(22-14-12-21(13-15-22)20-8-2-1-3-9-20)26-17-19-7-6-16-27(18-19)25(29)23-10-4-5-11-23/h1-3,8-10,12-15,19H,4-7,11,16-18H2,(H,26,28). The van der Waals surface area contributed by atoms with Crippen molar-refractivity contribution in [2.24, 2.45) is 5.92 Å². The maximum absolute atomic E-state index is 12.6. The van der Waals surface area contributed by atoms with Crippen LogP contribution < -0.4 is 5.32 Å². The first-order valence-corrected chi connectivity index (χ1v) is 10.6. The lowest BCUT2D eigenvalue weighted by molar-refractivity contribution is -0.128. The molecule has 1 atom stereocenters. The van der Waals surface area contributed by atoms with Crippen LogP contribution in [-0.4, -0.2) is 36.3 Å². The molecule has 0 bridgehead atoms. The van der Waals surface area contributed by atoms with Gasteiger partial charge in [-0.2, -0.15) is 0 Å². The fourth-order valence-corrected chi connectivity index (χ4v) is 4.27. The number of amides is 2. The SMILES string of the molecule is O=C(NCC1CCCN(C(=O)C2=CCCC2)C1)c1ccc(-c2ccccc2)cc1. The minimum atomic E-state index is -0.0495. The monoisotopic (exact) mass is 388 g/mol. The van der Waals surface area contributed by atoms with Gasteiger partial charge in [-0.1, -0.05) is 48.5 Å². The lowest BCUT2D eigenvalue weighted by Crippen LogP contribution is -2.44. The quantitative estimate of drug-likeness (QED) is 0.824. The van der Waals surface area contributed by atoms with E-state index in [0.29, 0.717) is 18.0 Å². The topological polar surface area (TPSA) is 49.4 Å². The molecule has 29 heavy (non-hydrogen) atoms. The average molecular weight is 389 g/mol. The predicted octanol–water partition coefficient (Wildman–Crippen LogP) is 4.43. The minimum absolute atomic E-state index is 0.0495. The molecule has 2 aromatic carbocycles. The summed E-state index contributed by atoms with van der Waals surface area (Å²) in [7, 11) is 0. The summed E-state index contributed by atoms with van der Waals surface area (Å²) in [6.45, 7) is 2.19. The van der Waals surface area contributed by atoms with Crippen molar-refractivity contribution in [1.29, 1.82) is 0 Å². The van der Waals surface area contributed by atoms with Gasteiger partial charge in [0.15, 0.2) is 0 Å². The van der Waals surface area contributed by atoms with E-state index in [0.717, 1.165) is 61.9 Å². The Kier molecular flexibility index (Phi) is 6.09. The first kappa shape index (κ1) is 19.4. The Bertz CT molecular complexity index is 887. The molecule has 2 amide bonds. The van der Waals surface area contributed by atoms with Gasteiger partial charge in [0.05, 0.1) is 0 Å². The molecule has 1 unspecified atom stereocenters. The summed E-state index contributed by atoms with van der Waals surface area (Å²) < 4.78 is 0. The molecule has 2 aromatic rings. The molecule has 1 N–H and O–H groups in total. The zero-order valence-corrected chi connectivity index (χ0v) is 16.8. The van der Waals surface area contributed by atoms with E-state index in [1.165, 1.54) is 0 Å². The second kappa shape index (κ2) is 9.08. The molecule has 0 radical (unpaired) electrons. The summed E-state index contributed by atoms with van der Waals surface area (Å²) in [5.74, 6) is 0.476. The molecular weight excluding hydrogens is 360 g/mol. The van der Waals surface area contributed by atoms with E-state index in [1.807, 2.05) is 47.4 Å². The predicted molar refractivity (Wildman–Crippen MR) is 115 cm³/mol. The zero-order valence-electron chi connectivity index (χ0n) is 16.8. The fourth-order valence-electron chi connectivity index (χ4n) is 4.27. The van der Waals surface area contributed by atoms with E-state index in [4.69, 9.17) is 0 Å². The van der Waals surface area contributed by atoms with Gasteiger partial charge in [-0.05, 0) is 61.3 Å². The molecule has 1 saturated heterocycles. The maximum atomic E-state index is 12.6. The Balaban J connectivity index is 1.30. The van der Waals surface area contributed by atoms with Crippen LogP contribution in [-0.2, 0) is 4.79 Å². The minimum Gasteiger partial charge on any atom is -0.352 e. The second-order valence-electron chi connectivity index (χ2n) is 8.03. The number of hydrogen-bond donors (Lipinski definition) is 1. The smallest absolute Gasteiger partial charge is 0.251 e. The van der Waals surface area contributed by atoms with Crippen LogP contribution >= 0.6 is 0 Å². The molecule has 0 spiro atoms. The van der Waals surface area contributed by atoms with Crippen molar-refractivity contribution in [3.05, 3.63) is 71.8 Å². The van der Waals surface area contributed by atoms with E-state index in [1.54, 1.807) is 0 Å². The molecule has 4 heteroatoms. The normalized spacial score (nSPS) is 19.0. The van der Waals surface area contributed by atoms with Crippen LogP contribution in [0.2, 0.25) is 0 Å². The number of piperidine rings is 1. The van der Waals surface area contributed by atoms with E-state index in [9.17, 15) is 9.59 Å². The van der Waals surface area contributed by atoms with Gasteiger partial charge in [-0.15, -0.1) is 0 Å². The summed E-state index contributed by atoms with van der Waals surface area (Å²) in [5.41, 5.74) is 3.89. The lowest BCUT2D eigenvalue weighted by Gasteiger charge is -2.33. The number of nitrogens with zero attached hydrogens (tertiary/aromatic N) is 1. The number of likely N-dealkylation sites (tertiary alicyclic amines) is 1. The van der Waals surface area contributed by atoms with E-state index >= 15 is 0 Å². The number of nitrogens with one attached hydrogen (secondary N) is 1. The third-order valence-electron chi connectivity index (χ3n) is 5.93. The van der Waals surface area contributed by atoms with Crippen molar-refractivity contribution >= 4 is 11.8 Å². The van der Waals surface area contributed by atoms with Gasteiger partial charge in [0.25, 0.3) is 5.91 Å². The van der Waals surface area contributed by atoms with E-state index in [-0.39, 0.29) is 11.8 Å². The number of rotatable bonds is 5. The lowest BCUT2D eigenvalue weighted by atomic mass is 9.97. The fraction of sp³-hybridized carbons (Fsp3) is 0.360. The summed E-state index contributed by atoms with van der Waals surface area (Å²) in [5, 5.41) is 3.07. The van der Waals surface area contributed by atoms with Crippen LogP contribution in [0.25, 0.3) is 11.1 Å². The maximum Gasteiger partial charge on any atom is 0.251 e. The summed E-state index contributed by atoms with van der Waals surface area (Å²) in [6.07, 6.45) is 7.18. The Hall–Kier alpha value is -2.88. The first-order valence-electron chi connectivity index (χ1n) is 10.6. The Morgan fingerprint density at radius 3 is 2.45 bits per heavy atom. The molecule has 1 fully saturated rings. The van der Waals surface area contributed by atoms with Crippen molar-refractivity contribution in [3.63, 3.8) is 0 Å². The van der Waals surface area contributed by atoms with Crippen molar-refractivity contribution in [3.8, 4) is 11.1 Å². The second-order valence-corrected chi connectivity index (χ2v) is 8.03. The number of carbonyl (C=O) groups excluding carboxylic acids is 2. The van der Waals surface area contributed by atoms with Crippen molar-refractivity contribution in [2.45, 2.75) is 32.1 Å². The Morgan fingerprint density at radius 2 is 1.72 bits per heavy atom. The van der Waals surface area contributed by atoms with Gasteiger partial charge in [-0.25, -0.2) is 0 Å². The first-order chi connectivity index (χ1) is 14.2. The molecule has 2 aliphatic rings. The van der Waals surface area contributed by atoms with Gasteiger partial charge >= 0.3 is 0 Å². The van der Waals surface area contributed by atoms with Gasteiger partial charge < -0.3 is 10.2 Å². The molecular formula is C25H28N2O2. The number of benzene rings is 2. The Morgan fingerprint density at radius 1 is 0.966 bits per heavy atom. The highest BCUT2D eigenvalue weighted by molar-refractivity contribution is 5.95. The molecule has 150 valence electrons. The molecule has 1 aliphatic heterocycles. The van der Waals surface area contributed by atoms with Crippen LogP contribution in [0.4, 0.5) is 0 Å². The van der Waals surface area contributed by atoms with E-state index < -0.39 is 0 Å². The molecule has 1 heterocycles. The Labute approximate surface area is 172 Å². The average Bonchev–Trinajstić information content (AvgIpc) is 3.33. The van der Waals surface area contributed by atoms with Gasteiger partial charge in [0.2, 0.25) is 5.91 Å². The summed E-state index contributed by atoms with van der Waals surface area (Å²) in [6, 6.07) is 17.9. The summed E-state index contributed by atoms with van der Waals surface area (Å²) in [4.78, 5) is 27.2. The molecule has 1 aliphatic carbocycles. The summed E-state index contributed by atoms with van der Waals surface area (Å²) >= 11 is 0. The molecule has 4 nitrogen and oxygen atoms in total. The largest absolute Gasteiger partial charge is 0.352 e. The van der Waals surface area contributed by atoms with Gasteiger partial charge in [0.1, 0.15) is 0 Å². The molecule has 0 saturated carbocycles. The zero-order chi connectivity index (χ0) is 20.1. The van der Waals surface area contributed by atoms with Gasteiger partial charge in [-0.3, -0.25) is 9.59 Å². The van der Waals surface area contributed by atoms with Crippen LogP contribution in [0.15, 0.2) is 66.2 Å². The highest BCUT2D eigenvalue weighted by atomic mass is 16.2. The highest BCUT2D eigenvalue weighted by Crippen LogP contribution is 2.24. The molecule has 4 rings (SSSR count).